The van der Waals surface area contributed by atoms with E-state index >= 15 is 0 Å². The number of nitrogens with one attached hydrogen (secondary N) is 2. The number of esters is 1. The predicted molar refractivity (Wildman–Crippen MR) is 94.0 cm³/mol. The molecule has 0 unspecified atom stereocenters. The number of hydrogen-bond acceptors (Lipinski definition) is 6. The quantitative estimate of drug-likeness (QED) is 0.591. The summed E-state index contributed by atoms with van der Waals surface area (Å²) in [5.74, 6) is -1.55. The van der Waals surface area contributed by atoms with Crippen molar-refractivity contribution in [1.82, 2.24) is 10.6 Å². The highest BCUT2D eigenvalue weighted by atomic mass is 16.5. The zero-order chi connectivity index (χ0) is 19.7. The van der Waals surface area contributed by atoms with Crippen LogP contribution < -0.4 is 10.6 Å². The summed E-state index contributed by atoms with van der Waals surface area (Å²) < 4.78 is 9.70. The SMILES string of the molecule is COC(=O)[C@H](NC(=O)[C@H](NC(=O)OCc1ccccc1)[C@@H](C)O)C(C)C. The molecule has 3 atom stereocenters. The molecule has 144 valence electrons. The third kappa shape index (κ3) is 6.72. The Labute approximate surface area is 152 Å². The highest BCUT2D eigenvalue weighted by molar-refractivity contribution is 5.90. The maximum absolute atomic E-state index is 12.4. The summed E-state index contributed by atoms with van der Waals surface area (Å²) in [6.45, 7) is 4.85. The maximum Gasteiger partial charge on any atom is 0.408 e. The Hall–Kier alpha value is -2.61. The van der Waals surface area contributed by atoms with E-state index in [1.54, 1.807) is 26.0 Å². The number of hydrogen-bond donors (Lipinski definition) is 3. The first-order valence-corrected chi connectivity index (χ1v) is 8.29. The first-order chi connectivity index (χ1) is 12.3. The van der Waals surface area contributed by atoms with Crippen LogP contribution in [0, 0.1) is 5.92 Å². The normalized spacial score (nSPS) is 14.1. The van der Waals surface area contributed by atoms with Gasteiger partial charge in [0.1, 0.15) is 18.7 Å². The fourth-order valence-corrected chi connectivity index (χ4v) is 2.16. The van der Waals surface area contributed by atoms with E-state index in [-0.39, 0.29) is 12.5 Å². The second kappa shape index (κ2) is 10.4. The molecule has 0 spiro atoms. The molecular formula is C18H26N2O6. The van der Waals surface area contributed by atoms with Gasteiger partial charge in [0.25, 0.3) is 0 Å². The van der Waals surface area contributed by atoms with Gasteiger partial charge < -0.3 is 25.2 Å². The van der Waals surface area contributed by atoms with Crippen molar-refractivity contribution in [3.05, 3.63) is 35.9 Å². The summed E-state index contributed by atoms with van der Waals surface area (Å²) in [4.78, 5) is 36.1. The van der Waals surface area contributed by atoms with Crippen molar-refractivity contribution < 1.29 is 29.0 Å². The lowest BCUT2D eigenvalue weighted by molar-refractivity contribution is -0.147. The van der Waals surface area contributed by atoms with Gasteiger partial charge in [-0.25, -0.2) is 9.59 Å². The highest BCUT2D eigenvalue weighted by Gasteiger charge is 2.31. The number of aliphatic hydroxyl groups excluding tert-OH is 1. The number of methoxy groups -OCH3 is 1. The van der Waals surface area contributed by atoms with Crippen molar-refractivity contribution in [3.8, 4) is 0 Å². The number of rotatable bonds is 8. The Morgan fingerprint density at radius 3 is 2.15 bits per heavy atom. The van der Waals surface area contributed by atoms with Crippen molar-refractivity contribution in [1.29, 1.82) is 0 Å². The van der Waals surface area contributed by atoms with Crippen molar-refractivity contribution in [2.45, 2.75) is 45.6 Å². The van der Waals surface area contributed by atoms with E-state index in [2.05, 4.69) is 15.4 Å². The third-order valence-corrected chi connectivity index (χ3v) is 3.67. The van der Waals surface area contributed by atoms with Gasteiger partial charge in [0.05, 0.1) is 13.2 Å². The zero-order valence-electron chi connectivity index (χ0n) is 15.4. The molecule has 26 heavy (non-hydrogen) atoms. The first kappa shape index (κ1) is 21.4. The Balaban J connectivity index is 2.67. The summed E-state index contributed by atoms with van der Waals surface area (Å²) >= 11 is 0. The monoisotopic (exact) mass is 366 g/mol. The Kier molecular flexibility index (Phi) is 8.57. The van der Waals surface area contributed by atoms with Gasteiger partial charge in [0.15, 0.2) is 0 Å². The second-order valence-electron chi connectivity index (χ2n) is 6.18. The van der Waals surface area contributed by atoms with E-state index < -0.39 is 36.2 Å². The number of aliphatic hydroxyl groups is 1. The molecule has 1 aromatic rings. The molecule has 8 heteroatoms. The van der Waals surface area contributed by atoms with Crippen LogP contribution in [0.5, 0.6) is 0 Å². The van der Waals surface area contributed by atoms with Crippen LogP contribution in [0.2, 0.25) is 0 Å². The van der Waals surface area contributed by atoms with E-state index in [0.29, 0.717) is 0 Å². The summed E-state index contributed by atoms with van der Waals surface area (Å²) in [5.41, 5.74) is 0.784. The van der Waals surface area contributed by atoms with E-state index in [9.17, 15) is 19.5 Å². The topological polar surface area (TPSA) is 114 Å². The molecule has 0 fully saturated rings. The number of benzene rings is 1. The molecule has 0 heterocycles. The lowest BCUT2D eigenvalue weighted by atomic mass is 10.0. The minimum absolute atomic E-state index is 0.0254. The fraction of sp³-hybridized carbons (Fsp3) is 0.500. The molecule has 1 aromatic carbocycles. The van der Waals surface area contributed by atoms with E-state index in [0.717, 1.165) is 5.56 Å². The van der Waals surface area contributed by atoms with Gasteiger partial charge in [-0.3, -0.25) is 4.79 Å². The lowest BCUT2D eigenvalue weighted by Crippen LogP contribution is -2.57. The molecule has 2 amide bonds. The molecule has 3 N–H and O–H groups in total. The first-order valence-electron chi connectivity index (χ1n) is 8.29. The Bertz CT molecular complexity index is 603. The van der Waals surface area contributed by atoms with E-state index in [1.807, 2.05) is 18.2 Å². The highest BCUT2D eigenvalue weighted by Crippen LogP contribution is 2.06. The molecule has 0 aromatic heterocycles. The number of amides is 2. The van der Waals surface area contributed by atoms with Gasteiger partial charge in [0, 0.05) is 0 Å². The van der Waals surface area contributed by atoms with Crippen molar-refractivity contribution in [2.24, 2.45) is 5.92 Å². The molecule has 0 aliphatic carbocycles. The zero-order valence-corrected chi connectivity index (χ0v) is 15.4. The van der Waals surface area contributed by atoms with Gasteiger partial charge in [0.2, 0.25) is 5.91 Å². The van der Waals surface area contributed by atoms with Crippen LogP contribution in [-0.2, 0) is 25.7 Å². The van der Waals surface area contributed by atoms with Crippen LogP contribution in [0.1, 0.15) is 26.3 Å². The second-order valence-corrected chi connectivity index (χ2v) is 6.18. The molecule has 0 radical (unpaired) electrons. The van der Waals surface area contributed by atoms with Crippen molar-refractivity contribution in [2.75, 3.05) is 7.11 Å². The van der Waals surface area contributed by atoms with E-state index in [1.165, 1.54) is 14.0 Å². The molecule has 8 nitrogen and oxygen atoms in total. The van der Waals surface area contributed by atoms with Crippen LogP contribution >= 0.6 is 0 Å². The average Bonchev–Trinajstić information content (AvgIpc) is 2.61. The van der Waals surface area contributed by atoms with Crippen LogP contribution in [0.15, 0.2) is 30.3 Å². The number of alkyl carbamates (subject to hydrolysis) is 1. The largest absolute Gasteiger partial charge is 0.467 e. The van der Waals surface area contributed by atoms with Crippen LogP contribution in [-0.4, -0.2) is 48.4 Å². The van der Waals surface area contributed by atoms with Crippen molar-refractivity contribution in [3.63, 3.8) is 0 Å². The number of ether oxygens (including phenoxy) is 2. The van der Waals surface area contributed by atoms with Gasteiger partial charge in [-0.05, 0) is 18.4 Å². The maximum atomic E-state index is 12.4. The van der Waals surface area contributed by atoms with Crippen LogP contribution in [0.4, 0.5) is 4.79 Å². The molecule has 0 aliphatic heterocycles. The van der Waals surface area contributed by atoms with Crippen LogP contribution in [0.3, 0.4) is 0 Å². The minimum Gasteiger partial charge on any atom is -0.467 e. The van der Waals surface area contributed by atoms with Gasteiger partial charge in [-0.2, -0.15) is 0 Å². The molecular weight excluding hydrogens is 340 g/mol. The van der Waals surface area contributed by atoms with Gasteiger partial charge >= 0.3 is 12.1 Å². The molecule has 1 rings (SSSR count). The minimum atomic E-state index is -1.27. The fourth-order valence-electron chi connectivity index (χ4n) is 2.16. The Morgan fingerprint density at radius 1 is 1.04 bits per heavy atom. The summed E-state index contributed by atoms with van der Waals surface area (Å²) in [7, 11) is 1.22. The summed E-state index contributed by atoms with van der Waals surface area (Å²) in [6, 6.07) is 6.86. The lowest BCUT2D eigenvalue weighted by Gasteiger charge is -2.25. The van der Waals surface area contributed by atoms with Crippen LogP contribution in [0.25, 0.3) is 0 Å². The Morgan fingerprint density at radius 2 is 1.65 bits per heavy atom. The number of carbonyl (C=O) groups excluding carboxylic acids is 3. The molecule has 0 saturated carbocycles. The molecule has 0 saturated heterocycles. The molecule has 0 bridgehead atoms. The average molecular weight is 366 g/mol. The third-order valence-electron chi connectivity index (χ3n) is 3.67. The smallest absolute Gasteiger partial charge is 0.408 e. The van der Waals surface area contributed by atoms with Gasteiger partial charge in [-0.1, -0.05) is 44.2 Å². The van der Waals surface area contributed by atoms with Gasteiger partial charge in [-0.15, -0.1) is 0 Å². The summed E-state index contributed by atoms with van der Waals surface area (Å²) in [5, 5.41) is 14.6. The predicted octanol–water partition coefficient (Wildman–Crippen LogP) is 0.976. The number of carbonyl (C=O) groups is 3. The standard InChI is InChI=1S/C18H26N2O6/c1-11(2)14(17(23)25-4)19-16(22)15(12(3)21)20-18(24)26-10-13-8-6-5-7-9-13/h5-9,11-12,14-15,21H,10H2,1-4H3,(H,19,22)(H,20,24)/t12-,14-,15-/m1/s1. The summed E-state index contributed by atoms with van der Waals surface area (Å²) in [6.07, 6.45) is -2.04. The van der Waals surface area contributed by atoms with E-state index in [4.69, 9.17) is 4.74 Å². The van der Waals surface area contributed by atoms with Crippen molar-refractivity contribution >= 4 is 18.0 Å². The molecule has 0 aliphatic rings.